The van der Waals surface area contributed by atoms with E-state index in [1.54, 1.807) is 60.7 Å². The molecule has 3 aromatic rings. The van der Waals surface area contributed by atoms with Gasteiger partial charge in [0.15, 0.2) is 0 Å². The molecule has 0 spiro atoms. The van der Waals surface area contributed by atoms with Crippen LogP contribution in [0.4, 0.5) is 5.82 Å². The van der Waals surface area contributed by atoms with Gasteiger partial charge in [0.05, 0.1) is 0 Å². The fraction of sp³-hybridized carbons (Fsp3) is 0.217. The van der Waals surface area contributed by atoms with Crippen LogP contribution < -0.4 is 11.4 Å². The second-order valence-corrected chi connectivity index (χ2v) is 8.91. The molecule has 35 heavy (non-hydrogen) atoms. The quantitative estimate of drug-likeness (QED) is 0.372. The Labute approximate surface area is 206 Å². The Bertz CT molecular complexity index is 1260. The summed E-state index contributed by atoms with van der Waals surface area (Å²) < 4.78 is 18.2. The minimum atomic E-state index is -0.962. The first kappa shape index (κ1) is 24.5. The number of carbonyl (C=O) groups excluding carboxylic acids is 2. The van der Waals surface area contributed by atoms with Crippen molar-refractivity contribution in [2.75, 3.05) is 12.3 Å². The first-order valence-corrected chi connectivity index (χ1v) is 11.6. The van der Waals surface area contributed by atoms with Gasteiger partial charge in [-0.3, -0.25) is 0 Å². The van der Waals surface area contributed by atoms with E-state index in [2.05, 4.69) is 4.98 Å². The first-order valence-electron chi connectivity index (χ1n) is 10.6. The number of thioether (sulfide) groups is 1. The third-order valence-electron chi connectivity index (χ3n) is 5.29. The van der Waals surface area contributed by atoms with Gasteiger partial charge in [0.2, 0.25) is 0 Å². The number of carbonyl (C=O) groups is 2. The molecule has 12 heteroatoms. The van der Waals surface area contributed by atoms with E-state index in [0.717, 1.165) is 7.00 Å². The van der Waals surface area contributed by atoms with Gasteiger partial charge in [0.25, 0.3) is 0 Å². The Balaban J connectivity index is 1.62. The summed E-state index contributed by atoms with van der Waals surface area (Å²) in [5.41, 5.74) is 5.73. The predicted octanol–water partition coefficient (Wildman–Crippen LogP) is 1.61. The SMILES string of the molecule is [B]=BO[C@H]1[C@@H](OC(=O)c2ccccc2)[C@H](n2ccc(N)nc2=O)S[C@@H]1COC(=O)c1ccccc1. The fourth-order valence-corrected chi connectivity index (χ4v) is 5.18. The Morgan fingerprint density at radius 2 is 1.63 bits per heavy atom. The molecule has 2 aromatic carbocycles. The van der Waals surface area contributed by atoms with E-state index in [4.69, 9.17) is 27.2 Å². The molecule has 0 unspecified atom stereocenters. The third-order valence-corrected chi connectivity index (χ3v) is 6.82. The van der Waals surface area contributed by atoms with Crippen molar-refractivity contribution in [1.82, 2.24) is 9.55 Å². The molecule has 2 heterocycles. The minimum absolute atomic E-state index is 0.0588. The van der Waals surface area contributed by atoms with E-state index < -0.39 is 40.5 Å². The van der Waals surface area contributed by atoms with Crippen molar-refractivity contribution in [2.24, 2.45) is 0 Å². The summed E-state index contributed by atoms with van der Waals surface area (Å²) in [6.45, 7) is -0.0794. The molecule has 1 aliphatic rings. The van der Waals surface area contributed by atoms with Gasteiger partial charge in [-0.05, 0) is 0 Å². The molecule has 0 bridgehead atoms. The molecule has 1 aliphatic heterocycles. The van der Waals surface area contributed by atoms with Crippen LogP contribution >= 0.6 is 11.8 Å². The number of esters is 2. The summed E-state index contributed by atoms with van der Waals surface area (Å²) in [5.74, 6) is -1.07. The van der Waals surface area contributed by atoms with Crippen LogP contribution in [0.2, 0.25) is 0 Å². The maximum absolute atomic E-state index is 12.9. The van der Waals surface area contributed by atoms with Crippen LogP contribution in [0.3, 0.4) is 0 Å². The van der Waals surface area contributed by atoms with Crippen molar-refractivity contribution in [2.45, 2.75) is 22.8 Å². The molecule has 1 fully saturated rings. The van der Waals surface area contributed by atoms with Crippen molar-refractivity contribution in [1.29, 1.82) is 0 Å². The van der Waals surface area contributed by atoms with Crippen molar-refractivity contribution in [3.63, 3.8) is 0 Å². The van der Waals surface area contributed by atoms with Crippen LogP contribution in [0, 0.1) is 0 Å². The number of hydrogen-bond acceptors (Lipinski definition) is 9. The normalized spacial score (nSPS) is 21.0. The van der Waals surface area contributed by atoms with Gasteiger partial charge in [-0.15, -0.1) is 0 Å². The van der Waals surface area contributed by atoms with E-state index in [0.29, 0.717) is 11.1 Å². The number of ether oxygens (including phenoxy) is 2. The van der Waals surface area contributed by atoms with Crippen molar-refractivity contribution in [3.05, 3.63) is 94.5 Å². The van der Waals surface area contributed by atoms with Crippen LogP contribution in [0.25, 0.3) is 0 Å². The van der Waals surface area contributed by atoms with Gasteiger partial charge in [-0.1, -0.05) is 0 Å². The number of nitrogen functional groups attached to an aromatic ring is 1. The van der Waals surface area contributed by atoms with E-state index >= 15 is 0 Å². The molecular formula is C23H20B2N3O6S. The second kappa shape index (κ2) is 11.2. The number of rotatable bonds is 8. The number of nitrogens with two attached hydrogens (primary N) is 1. The maximum atomic E-state index is 12.9. The third kappa shape index (κ3) is 5.71. The number of benzene rings is 2. The van der Waals surface area contributed by atoms with E-state index in [1.807, 2.05) is 0 Å². The van der Waals surface area contributed by atoms with Crippen LogP contribution in [0.5, 0.6) is 0 Å². The van der Waals surface area contributed by atoms with Crippen LogP contribution in [0.1, 0.15) is 26.1 Å². The zero-order chi connectivity index (χ0) is 24.8. The topological polar surface area (TPSA) is 123 Å². The fourth-order valence-electron chi connectivity index (χ4n) is 3.65. The molecule has 1 aromatic heterocycles. The molecule has 1 radical (unpaired) electrons. The Kier molecular flexibility index (Phi) is 7.81. The Morgan fingerprint density at radius 1 is 1.00 bits per heavy atom. The van der Waals surface area contributed by atoms with Crippen LogP contribution in [-0.4, -0.2) is 59.9 Å². The van der Waals surface area contributed by atoms with Crippen LogP contribution in [0.15, 0.2) is 77.7 Å². The number of hydrogen-bond donors (Lipinski definition) is 1. The van der Waals surface area contributed by atoms with Crippen molar-refractivity contribution in [3.8, 4) is 0 Å². The Morgan fingerprint density at radius 3 is 2.23 bits per heavy atom. The zero-order valence-electron chi connectivity index (χ0n) is 18.4. The molecule has 4 atom stereocenters. The van der Waals surface area contributed by atoms with Gasteiger partial charge in [-0.2, -0.15) is 0 Å². The summed E-state index contributed by atoms with van der Waals surface area (Å²) in [6, 6.07) is 18.4. The summed E-state index contributed by atoms with van der Waals surface area (Å²) in [7, 11) is 6.53. The van der Waals surface area contributed by atoms with Gasteiger partial charge < -0.3 is 0 Å². The molecule has 1 saturated heterocycles. The average Bonchev–Trinajstić information content (AvgIpc) is 3.20. The standard InChI is InChI=1S/C23H20B2N3O6S/c24-25-34-18-16(13-32-21(29)14-7-3-1-4-8-14)35-20(28-12-11-17(26)27-23(28)31)19(18)33-22(30)15-9-5-2-6-10-15/h1-12,16,18-20H,13H2,(H2,26,27,31)/t16-,18-,19-,20-/m1/s1. The van der Waals surface area contributed by atoms with Gasteiger partial charge in [0, 0.05) is 0 Å². The van der Waals surface area contributed by atoms with Gasteiger partial charge in [0.1, 0.15) is 0 Å². The second-order valence-electron chi connectivity index (χ2n) is 7.54. The molecule has 2 N–H and O–H groups in total. The van der Waals surface area contributed by atoms with Gasteiger partial charge >= 0.3 is 207 Å². The Hall–Kier alpha value is -3.66. The van der Waals surface area contributed by atoms with E-state index in [-0.39, 0.29) is 12.4 Å². The number of nitrogens with zero attached hydrogens (tertiary/aromatic N) is 2. The molecule has 4 rings (SSSR count). The molecule has 0 amide bonds. The van der Waals surface area contributed by atoms with Crippen molar-refractivity contribution < 1.29 is 23.7 Å². The monoisotopic (exact) mass is 488 g/mol. The number of anilines is 1. The summed E-state index contributed by atoms with van der Waals surface area (Å²) in [6.07, 6.45) is -0.320. The van der Waals surface area contributed by atoms with Crippen LogP contribution in [-0.2, 0) is 14.1 Å². The number of aromatic nitrogens is 2. The first-order chi connectivity index (χ1) is 17.0. The summed E-state index contributed by atoms with van der Waals surface area (Å²) >= 11 is 1.24. The molecular weight excluding hydrogens is 468 g/mol. The van der Waals surface area contributed by atoms with E-state index in [1.165, 1.54) is 28.6 Å². The molecule has 0 aliphatic carbocycles. The summed E-state index contributed by atoms with van der Waals surface area (Å²) in [4.78, 5) is 41.8. The zero-order valence-corrected chi connectivity index (χ0v) is 19.2. The molecule has 175 valence electrons. The molecule has 9 nitrogen and oxygen atoms in total. The van der Waals surface area contributed by atoms with Crippen molar-refractivity contribution >= 4 is 43.9 Å². The summed E-state index contributed by atoms with van der Waals surface area (Å²) in [5, 5.41) is -1.26. The predicted molar refractivity (Wildman–Crippen MR) is 132 cm³/mol. The van der Waals surface area contributed by atoms with Gasteiger partial charge in [-0.25, -0.2) is 0 Å². The average molecular weight is 488 g/mol. The molecule has 0 saturated carbocycles. The van der Waals surface area contributed by atoms with E-state index in [9.17, 15) is 14.4 Å².